The molecule has 1 atom stereocenters. The van der Waals surface area contributed by atoms with Gasteiger partial charge in [-0.25, -0.2) is 8.42 Å². The Hall–Kier alpha value is -2.98. The fourth-order valence-corrected chi connectivity index (χ4v) is 5.98. The minimum atomic E-state index is -4.22. The van der Waals surface area contributed by atoms with Crippen molar-refractivity contribution < 1.29 is 22.7 Å². The lowest BCUT2D eigenvalue weighted by Gasteiger charge is -2.33. The summed E-state index contributed by atoms with van der Waals surface area (Å²) in [6, 6.07) is 16.2. The molecule has 0 radical (unpaired) electrons. The van der Waals surface area contributed by atoms with Crippen LogP contribution in [0.5, 0.6) is 5.75 Å². The molecule has 0 aliphatic carbocycles. The van der Waals surface area contributed by atoms with Gasteiger partial charge in [-0.05, 0) is 54.4 Å². The van der Waals surface area contributed by atoms with Crippen LogP contribution in [0.15, 0.2) is 71.6 Å². The predicted octanol–water partition coefficient (Wildman–Crippen LogP) is 5.40. The molecular formula is C27H28Cl3N3O5S. The number of rotatable bonds is 11. The Morgan fingerprint density at radius 3 is 2.21 bits per heavy atom. The van der Waals surface area contributed by atoms with E-state index in [1.807, 2.05) is 0 Å². The van der Waals surface area contributed by atoms with Crippen LogP contribution in [0.2, 0.25) is 15.1 Å². The van der Waals surface area contributed by atoms with Crippen molar-refractivity contribution in [1.29, 1.82) is 0 Å². The molecule has 1 N–H and O–H groups in total. The molecule has 208 valence electrons. The van der Waals surface area contributed by atoms with Crippen molar-refractivity contribution in [2.45, 2.75) is 30.8 Å². The highest BCUT2D eigenvalue weighted by atomic mass is 35.5. The molecule has 0 unspecified atom stereocenters. The van der Waals surface area contributed by atoms with Gasteiger partial charge in [-0.15, -0.1) is 0 Å². The normalized spacial score (nSPS) is 11.9. The molecule has 3 aromatic carbocycles. The number of nitrogens with zero attached hydrogens (tertiary/aromatic N) is 2. The van der Waals surface area contributed by atoms with E-state index in [0.717, 1.165) is 4.31 Å². The van der Waals surface area contributed by atoms with Crippen LogP contribution in [-0.2, 0) is 26.2 Å². The fourth-order valence-electron chi connectivity index (χ4n) is 3.98. The Labute approximate surface area is 243 Å². The number of amides is 2. The van der Waals surface area contributed by atoms with Crippen molar-refractivity contribution in [1.82, 2.24) is 10.2 Å². The van der Waals surface area contributed by atoms with Crippen LogP contribution < -0.4 is 14.4 Å². The van der Waals surface area contributed by atoms with E-state index in [-0.39, 0.29) is 33.6 Å². The summed E-state index contributed by atoms with van der Waals surface area (Å²) in [5.74, 6) is -0.658. The van der Waals surface area contributed by atoms with E-state index in [0.29, 0.717) is 16.3 Å². The number of hydrogen-bond acceptors (Lipinski definition) is 5. The van der Waals surface area contributed by atoms with Crippen LogP contribution >= 0.6 is 34.8 Å². The van der Waals surface area contributed by atoms with Crippen molar-refractivity contribution in [3.05, 3.63) is 87.4 Å². The van der Waals surface area contributed by atoms with E-state index >= 15 is 0 Å². The standard InChI is InChI=1S/C27H28Cl3N3O5S/c1-4-24(27(35)31-2)32(16-18-10-12-21(28)22(29)14-18)26(34)17-33(19-11-13-25(38-3)23(30)15-19)39(36,37)20-8-6-5-7-9-20/h5-15,24H,4,16-17H2,1-3H3,(H,31,35)/t24-/m1/s1. The molecule has 0 heterocycles. The molecule has 0 saturated carbocycles. The number of hydrogen-bond donors (Lipinski definition) is 1. The van der Waals surface area contributed by atoms with E-state index in [9.17, 15) is 18.0 Å². The highest BCUT2D eigenvalue weighted by molar-refractivity contribution is 7.92. The van der Waals surface area contributed by atoms with E-state index in [1.54, 1.807) is 43.3 Å². The quantitative estimate of drug-likeness (QED) is 0.313. The maximum absolute atomic E-state index is 13.9. The zero-order valence-electron chi connectivity index (χ0n) is 21.5. The predicted molar refractivity (Wildman–Crippen MR) is 154 cm³/mol. The average Bonchev–Trinajstić information content (AvgIpc) is 2.93. The largest absolute Gasteiger partial charge is 0.495 e. The van der Waals surface area contributed by atoms with Gasteiger partial charge in [0.2, 0.25) is 11.8 Å². The average molecular weight is 613 g/mol. The minimum absolute atomic E-state index is 0.00968. The van der Waals surface area contributed by atoms with Crippen LogP contribution in [-0.4, -0.2) is 51.9 Å². The molecule has 3 rings (SSSR count). The van der Waals surface area contributed by atoms with Gasteiger partial charge >= 0.3 is 0 Å². The molecule has 0 fully saturated rings. The van der Waals surface area contributed by atoms with Crippen LogP contribution in [0.4, 0.5) is 5.69 Å². The van der Waals surface area contributed by atoms with Crippen molar-refractivity contribution in [3.63, 3.8) is 0 Å². The number of likely N-dealkylation sites (N-methyl/N-ethyl adjacent to an activating group) is 1. The topological polar surface area (TPSA) is 96.0 Å². The third-order valence-corrected chi connectivity index (χ3v) is 8.83. The second-order valence-electron chi connectivity index (χ2n) is 8.45. The van der Waals surface area contributed by atoms with Gasteiger partial charge in [-0.1, -0.05) is 66.0 Å². The van der Waals surface area contributed by atoms with Gasteiger partial charge in [0, 0.05) is 13.6 Å². The number of halogens is 3. The SMILES string of the molecule is CC[C@H](C(=O)NC)N(Cc1ccc(Cl)c(Cl)c1)C(=O)CN(c1ccc(OC)c(Cl)c1)S(=O)(=O)c1ccccc1. The highest BCUT2D eigenvalue weighted by Gasteiger charge is 2.33. The minimum Gasteiger partial charge on any atom is -0.495 e. The van der Waals surface area contributed by atoms with E-state index in [4.69, 9.17) is 39.5 Å². The molecule has 39 heavy (non-hydrogen) atoms. The summed E-state index contributed by atoms with van der Waals surface area (Å²) in [5.41, 5.74) is 0.769. The van der Waals surface area contributed by atoms with Crippen LogP contribution in [0.1, 0.15) is 18.9 Å². The van der Waals surface area contributed by atoms with Gasteiger partial charge < -0.3 is 15.0 Å². The summed E-state index contributed by atoms with van der Waals surface area (Å²) >= 11 is 18.6. The second kappa shape index (κ2) is 13.4. The lowest BCUT2D eigenvalue weighted by molar-refractivity contribution is -0.140. The highest BCUT2D eigenvalue weighted by Crippen LogP contribution is 2.32. The number of carbonyl (C=O) groups is 2. The molecule has 12 heteroatoms. The Kier molecular flexibility index (Phi) is 10.5. The first-order valence-corrected chi connectivity index (χ1v) is 14.5. The molecule has 0 aliphatic heterocycles. The molecule has 8 nitrogen and oxygen atoms in total. The summed E-state index contributed by atoms with van der Waals surface area (Å²) in [6.07, 6.45) is 0.284. The third-order valence-electron chi connectivity index (χ3n) is 6.00. The first-order valence-electron chi connectivity index (χ1n) is 11.9. The van der Waals surface area contributed by atoms with Crippen LogP contribution in [0.3, 0.4) is 0 Å². The molecule has 2 amide bonds. The van der Waals surface area contributed by atoms with Crippen molar-refractivity contribution in [2.75, 3.05) is 25.0 Å². The van der Waals surface area contributed by atoms with Gasteiger partial charge in [0.05, 0.1) is 32.8 Å². The first kappa shape index (κ1) is 30.6. The van der Waals surface area contributed by atoms with Crippen molar-refractivity contribution >= 4 is 62.3 Å². The Morgan fingerprint density at radius 1 is 0.949 bits per heavy atom. The molecule has 0 aliphatic rings. The zero-order valence-corrected chi connectivity index (χ0v) is 24.6. The number of benzene rings is 3. The number of sulfonamides is 1. The Bertz CT molecular complexity index is 1440. The van der Waals surface area contributed by atoms with Gasteiger partial charge in [0.25, 0.3) is 10.0 Å². The van der Waals surface area contributed by atoms with Gasteiger partial charge in [-0.2, -0.15) is 0 Å². The Balaban J connectivity index is 2.09. The Morgan fingerprint density at radius 2 is 1.64 bits per heavy atom. The molecule has 0 spiro atoms. The summed E-state index contributed by atoms with van der Waals surface area (Å²) in [5, 5.41) is 3.37. The molecular weight excluding hydrogens is 585 g/mol. The lowest BCUT2D eigenvalue weighted by Crippen LogP contribution is -2.51. The van der Waals surface area contributed by atoms with E-state index in [1.165, 1.54) is 49.4 Å². The van der Waals surface area contributed by atoms with Crippen molar-refractivity contribution in [3.8, 4) is 5.75 Å². The summed E-state index contributed by atoms with van der Waals surface area (Å²) in [6.45, 7) is 1.15. The zero-order chi connectivity index (χ0) is 28.7. The summed E-state index contributed by atoms with van der Waals surface area (Å²) in [4.78, 5) is 28.0. The number of nitrogens with one attached hydrogen (secondary N) is 1. The van der Waals surface area contributed by atoms with Crippen molar-refractivity contribution in [2.24, 2.45) is 0 Å². The maximum atomic E-state index is 13.9. The third kappa shape index (κ3) is 7.16. The fraction of sp³-hybridized carbons (Fsp3) is 0.259. The number of ether oxygens (including phenoxy) is 1. The first-order chi connectivity index (χ1) is 18.5. The lowest BCUT2D eigenvalue weighted by atomic mass is 10.1. The molecule has 0 saturated heterocycles. The second-order valence-corrected chi connectivity index (χ2v) is 11.5. The van der Waals surface area contributed by atoms with Crippen LogP contribution in [0.25, 0.3) is 0 Å². The van der Waals surface area contributed by atoms with Gasteiger partial charge in [0.15, 0.2) is 0 Å². The number of methoxy groups -OCH3 is 1. The molecule has 0 bridgehead atoms. The summed E-state index contributed by atoms with van der Waals surface area (Å²) in [7, 11) is -1.31. The van der Waals surface area contributed by atoms with E-state index in [2.05, 4.69) is 5.32 Å². The number of anilines is 1. The van der Waals surface area contributed by atoms with Gasteiger partial charge in [-0.3, -0.25) is 13.9 Å². The van der Waals surface area contributed by atoms with E-state index < -0.39 is 34.4 Å². The summed E-state index contributed by atoms with van der Waals surface area (Å²) < 4.78 is 33.8. The monoisotopic (exact) mass is 611 g/mol. The number of carbonyl (C=O) groups excluding carboxylic acids is 2. The maximum Gasteiger partial charge on any atom is 0.264 e. The molecule has 0 aromatic heterocycles. The van der Waals surface area contributed by atoms with Gasteiger partial charge in [0.1, 0.15) is 18.3 Å². The molecule has 3 aromatic rings. The van der Waals surface area contributed by atoms with Crippen LogP contribution in [0, 0.1) is 0 Å². The smallest absolute Gasteiger partial charge is 0.264 e.